The Balaban J connectivity index is 1.87. The molecule has 0 radical (unpaired) electrons. The molecule has 0 fully saturated rings. The SMILES string of the molecule is CCC(C)C(=O)OCc1ccc2c(c1)C(=O)c1ccccc1C2=O. The molecule has 2 aromatic rings. The number of hydrogen-bond donors (Lipinski definition) is 0. The van der Waals surface area contributed by atoms with Gasteiger partial charge in [-0.25, -0.2) is 0 Å². The molecule has 0 spiro atoms. The summed E-state index contributed by atoms with van der Waals surface area (Å²) in [5.41, 5.74) is 2.33. The number of carbonyl (C=O) groups is 3. The van der Waals surface area contributed by atoms with Crippen LogP contribution >= 0.6 is 0 Å². The highest BCUT2D eigenvalue weighted by atomic mass is 16.5. The summed E-state index contributed by atoms with van der Waals surface area (Å²) in [6.07, 6.45) is 0.715. The van der Waals surface area contributed by atoms with Crippen molar-refractivity contribution >= 4 is 17.5 Å². The number of ketones is 2. The van der Waals surface area contributed by atoms with Gasteiger partial charge in [0.2, 0.25) is 0 Å². The van der Waals surface area contributed by atoms with Gasteiger partial charge in [-0.2, -0.15) is 0 Å². The fourth-order valence-electron chi connectivity index (χ4n) is 2.70. The van der Waals surface area contributed by atoms with Crippen molar-refractivity contribution in [3.8, 4) is 0 Å². The summed E-state index contributed by atoms with van der Waals surface area (Å²) in [6, 6.07) is 11.8. The molecule has 0 bridgehead atoms. The molecule has 1 atom stereocenters. The molecular weight excluding hydrogens is 304 g/mol. The third-order valence-corrected chi connectivity index (χ3v) is 4.39. The second-order valence-electron chi connectivity index (χ2n) is 6.00. The van der Waals surface area contributed by atoms with E-state index in [0.29, 0.717) is 34.2 Å². The summed E-state index contributed by atoms with van der Waals surface area (Å²) >= 11 is 0. The fraction of sp³-hybridized carbons (Fsp3) is 0.250. The van der Waals surface area contributed by atoms with Crippen molar-refractivity contribution in [2.45, 2.75) is 26.9 Å². The van der Waals surface area contributed by atoms with E-state index in [4.69, 9.17) is 4.74 Å². The molecule has 0 amide bonds. The summed E-state index contributed by atoms with van der Waals surface area (Å²) in [4.78, 5) is 36.9. The molecule has 0 N–H and O–H groups in total. The number of carbonyl (C=O) groups excluding carboxylic acids is 3. The monoisotopic (exact) mass is 322 g/mol. The normalized spacial score (nSPS) is 13.9. The molecule has 24 heavy (non-hydrogen) atoms. The van der Waals surface area contributed by atoms with Crippen molar-refractivity contribution < 1.29 is 19.1 Å². The predicted octanol–water partition coefficient (Wildman–Crippen LogP) is 3.55. The average Bonchev–Trinajstić information content (AvgIpc) is 2.63. The van der Waals surface area contributed by atoms with Gasteiger partial charge in [-0.15, -0.1) is 0 Å². The van der Waals surface area contributed by atoms with Gasteiger partial charge >= 0.3 is 5.97 Å². The first-order chi connectivity index (χ1) is 11.5. The maximum Gasteiger partial charge on any atom is 0.308 e. The molecule has 0 saturated heterocycles. The maximum absolute atomic E-state index is 12.6. The molecule has 1 unspecified atom stereocenters. The summed E-state index contributed by atoms with van der Waals surface area (Å²) in [6.45, 7) is 3.83. The minimum Gasteiger partial charge on any atom is -0.461 e. The molecular formula is C20H18O4. The van der Waals surface area contributed by atoms with Gasteiger partial charge in [0, 0.05) is 22.3 Å². The highest BCUT2D eigenvalue weighted by Crippen LogP contribution is 2.28. The lowest BCUT2D eigenvalue weighted by Gasteiger charge is -2.18. The van der Waals surface area contributed by atoms with Gasteiger partial charge in [0.25, 0.3) is 0 Å². The zero-order chi connectivity index (χ0) is 17.3. The van der Waals surface area contributed by atoms with Crippen molar-refractivity contribution in [3.63, 3.8) is 0 Å². The molecule has 2 aromatic carbocycles. The topological polar surface area (TPSA) is 60.4 Å². The second-order valence-corrected chi connectivity index (χ2v) is 6.00. The lowest BCUT2D eigenvalue weighted by Crippen LogP contribution is -2.21. The molecule has 4 nitrogen and oxygen atoms in total. The lowest BCUT2D eigenvalue weighted by atomic mass is 9.83. The third-order valence-electron chi connectivity index (χ3n) is 4.39. The smallest absolute Gasteiger partial charge is 0.308 e. The van der Waals surface area contributed by atoms with Gasteiger partial charge < -0.3 is 4.74 Å². The number of esters is 1. The van der Waals surface area contributed by atoms with E-state index >= 15 is 0 Å². The van der Waals surface area contributed by atoms with Crippen LogP contribution in [0.4, 0.5) is 0 Å². The molecule has 4 heteroatoms. The van der Waals surface area contributed by atoms with Crippen LogP contribution < -0.4 is 0 Å². The van der Waals surface area contributed by atoms with Crippen molar-refractivity contribution in [3.05, 3.63) is 70.3 Å². The van der Waals surface area contributed by atoms with Crippen LogP contribution in [0.3, 0.4) is 0 Å². The van der Waals surface area contributed by atoms with Crippen LogP contribution in [-0.4, -0.2) is 17.5 Å². The van der Waals surface area contributed by atoms with Crippen LogP contribution in [0.25, 0.3) is 0 Å². The molecule has 1 aliphatic rings. The van der Waals surface area contributed by atoms with Crippen LogP contribution in [0.5, 0.6) is 0 Å². The zero-order valence-electron chi connectivity index (χ0n) is 13.7. The maximum atomic E-state index is 12.6. The first-order valence-electron chi connectivity index (χ1n) is 8.01. The summed E-state index contributed by atoms with van der Waals surface area (Å²) < 4.78 is 5.27. The summed E-state index contributed by atoms with van der Waals surface area (Å²) in [5.74, 6) is -0.737. The minimum atomic E-state index is -0.261. The minimum absolute atomic E-state index is 0.0968. The van der Waals surface area contributed by atoms with Gasteiger partial charge in [0.15, 0.2) is 11.6 Å². The molecule has 0 aromatic heterocycles. The molecule has 0 heterocycles. The van der Waals surface area contributed by atoms with E-state index in [9.17, 15) is 14.4 Å². The first-order valence-corrected chi connectivity index (χ1v) is 8.01. The van der Waals surface area contributed by atoms with E-state index in [1.54, 1.807) is 42.5 Å². The van der Waals surface area contributed by atoms with Crippen LogP contribution in [0.15, 0.2) is 42.5 Å². The molecule has 122 valence electrons. The Hall–Kier alpha value is -2.75. The summed E-state index contributed by atoms with van der Waals surface area (Å²) in [5, 5.41) is 0. The molecule has 0 aliphatic heterocycles. The quantitative estimate of drug-likeness (QED) is 0.689. The van der Waals surface area contributed by atoms with E-state index in [0.717, 1.165) is 0 Å². The fourth-order valence-corrected chi connectivity index (χ4v) is 2.70. The molecule has 1 aliphatic carbocycles. The van der Waals surface area contributed by atoms with Gasteiger partial charge in [-0.3, -0.25) is 14.4 Å². The number of ether oxygens (including phenoxy) is 1. The van der Waals surface area contributed by atoms with Crippen molar-refractivity contribution in [1.82, 2.24) is 0 Å². The van der Waals surface area contributed by atoms with Crippen LogP contribution in [0.1, 0.15) is 57.7 Å². The second kappa shape index (κ2) is 6.40. The van der Waals surface area contributed by atoms with Gasteiger partial charge in [0.1, 0.15) is 6.61 Å². The van der Waals surface area contributed by atoms with E-state index in [-0.39, 0.29) is 30.1 Å². The number of benzene rings is 2. The largest absolute Gasteiger partial charge is 0.461 e. The van der Waals surface area contributed by atoms with Crippen LogP contribution in [0, 0.1) is 5.92 Å². The standard InChI is InChI=1S/C20H18O4/c1-3-12(2)20(23)24-11-13-8-9-16-17(10-13)19(22)15-7-5-4-6-14(15)18(16)21/h4-10,12H,3,11H2,1-2H3. The van der Waals surface area contributed by atoms with E-state index in [1.165, 1.54) is 0 Å². The van der Waals surface area contributed by atoms with Crippen LogP contribution in [-0.2, 0) is 16.1 Å². The highest BCUT2D eigenvalue weighted by molar-refractivity contribution is 6.28. The number of fused-ring (bicyclic) bond motifs is 2. The lowest BCUT2D eigenvalue weighted by molar-refractivity contribution is -0.149. The van der Waals surface area contributed by atoms with E-state index in [2.05, 4.69) is 0 Å². The van der Waals surface area contributed by atoms with Crippen LogP contribution in [0.2, 0.25) is 0 Å². The zero-order valence-corrected chi connectivity index (χ0v) is 13.7. The average molecular weight is 322 g/mol. The summed E-state index contributed by atoms with van der Waals surface area (Å²) in [7, 11) is 0. The Bertz CT molecular complexity index is 835. The van der Waals surface area contributed by atoms with Gasteiger partial charge in [0.05, 0.1) is 5.92 Å². The third kappa shape index (κ3) is 2.75. The van der Waals surface area contributed by atoms with E-state index in [1.807, 2.05) is 13.8 Å². The Morgan fingerprint density at radius 1 is 0.958 bits per heavy atom. The predicted molar refractivity (Wildman–Crippen MR) is 89.0 cm³/mol. The number of hydrogen-bond acceptors (Lipinski definition) is 4. The van der Waals surface area contributed by atoms with Gasteiger partial charge in [-0.05, 0) is 24.1 Å². The van der Waals surface area contributed by atoms with Gasteiger partial charge in [-0.1, -0.05) is 44.2 Å². The Kier molecular flexibility index (Phi) is 4.30. The number of rotatable bonds is 4. The van der Waals surface area contributed by atoms with Crippen molar-refractivity contribution in [1.29, 1.82) is 0 Å². The molecule has 3 rings (SSSR count). The Labute approximate surface area is 140 Å². The Morgan fingerprint density at radius 2 is 1.54 bits per heavy atom. The molecule has 0 saturated carbocycles. The van der Waals surface area contributed by atoms with Crippen molar-refractivity contribution in [2.75, 3.05) is 0 Å². The Morgan fingerprint density at radius 3 is 2.17 bits per heavy atom. The van der Waals surface area contributed by atoms with Crippen molar-refractivity contribution in [2.24, 2.45) is 5.92 Å². The first kappa shape index (κ1) is 16.1. The van der Waals surface area contributed by atoms with E-state index < -0.39 is 0 Å². The highest BCUT2D eigenvalue weighted by Gasteiger charge is 2.29.